The maximum atomic E-state index is 12.7. The van der Waals surface area contributed by atoms with Gasteiger partial charge in [0.2, 0.25) is 0 Å². The highest BCUT2D eigenvalue weighted by Crippen LogP contribution is 2.34. The Balaban J connectivity index is 1.79. The van der Waals surface area contributed by atoms with E-state index >= 15 is 0 Å². The fourth-order valence-electron chi connectivity index (χ4n) is 2.90. The summed E-state index contributed by atoms with van der Waals surface area (Å²) in [6, 6.07) is 5.44. The van der Waals surface area contributed by atoms with Gasteiger partial charge in [-0.3, -0.25) is 14.3 Å². The molecule has 7 nitrogen and oxygen atoms in total. The lowest BCUT2D eigenvalue weighted by atomic mass is 10.0. The fraction of sp³-hybridized carbons (Fsp3) is 0.389. The van der Waals surface area contributed by atoms with Crippen LogP contribution < -0.4 is 15.4 Å². The van der Waals surface area contributed by atoms with E-state index in [0.717, 1.165) is 22.5 Å². The molecule has 1 aromatic heterocycles. The van der Waals surface area contributed by atoms with Crippen molar-refractivity contribution in [1.29, 1.82) is 0 Å². The Kier molecular flexibility index (Phi) is 4.02. The lowest BCUT2D eigenvalue weighted by Gasteiger charge is -2.33. The number of nitrogens with one attached hydrogen (secondary N) is 2. The second-order valence-corrected chi connectivity index (χ2v) is 6.54. The van der Waals surface area contributed by atoms with Crippen LogP contribution in [0.25, 0.3) is 0 Å². The summed E-state index contributed by atoms with van der Waals surface area (Å²) in [5.74, 6) is -0.488. The van der Waals surface area contributed by atoms with E-state index in [1.165, 1.54) is 6.92 Å². The average molecular weight is 342 g/mol. The fourth-order valence-corrected chi connectivity index (χ4v) is 2.90. The number of hydrogen-bond acceptors (Lipinski definition) is 4. The van der Waals surface area contributed by atoms with Crippen LogP contribution in [0.4, 0.5) is 5.69 Å². The average Bonchev–Trinajstić information content (AvgIpc) is 2.79. The predicted octanol–water partition coefficient (Wildman–Crippen LogP) is 1.75. The van der Waals surface area contributed by atoms with E-state index in [9.17, 15) is 9.59 Å². The number of nitrogens with zero attached hydrogens (tertiary/aromatic N) is 2. The molecule has 0 aliphatic carbocycles. The SMILES string of the molecule is Cc1ccc2c(c1)NC(=O)[C@](C)(C(=O)NCc1c(C)nn(C)c1C)O2. The molecule has 2 N–H and O–H groups in total. The zero-order valence-electron chi connectivity index (χ0n) is 15.1. The molecule has 1 atom stereocenters. The minimum atomic E-state index is -1.62. The van der Waals surface area contributed by atoms with Gasteiger partial charge < -0.3 is 15.4 Å². The largest absolute Gasteiger partial charge is 0.466 e. The topological polar surface area (TPSA) is 85.3 Å². The van der Waals surface area contributed by atoms with E-state index in [1.54, 1.807) is 10.7 Å². The molecule has 2 heterocycles. The Bertz CT molecular complexity index is 871. The number of anilines is 1. The van der Waals surface area contributed by atoms with Gasteiger partial charge in [-0.15, -0.1) is 0 Å². The van der Waals surface area contributed by atoms with E-state index in [2.05, 4.69) is 15.7 Å². The lowest BCUT2D eigenvalue weighted by molar-refractivity contribution is -0.146. The van der Waals surface area contributed by atoms with Gasteiger partial charge in [-0.05, 0) is 45.4 Å². The van der Waals surface area contributed by atoms with Crippen LogP contribution in [0, 0.1) is 20.8 Å². The Hall–Kier alpha value is -2.83. The quantitative estimate of drug-likeness (QED) is 0.832. The summed E-state index contributed by atoms with van der Waals surface area (Å²) in [6.07, 6.45) is 0. The number of fused-ring (bicyclic) bond motifs is 1. The van der Waals surface area contributed by atoms with Crippen LogP contribution in [0.15, 0.2) is 18.2 Å². The predicted molar refractivity (Wildman–Crippen MR) is 93.4 cm³/mol. The number of aryl methyl sites for hydroxylation is 3. The second-order valence-electron chi connectivity index (χ2n) is 6.54. The van der Waals surface area contributed by atoms with E-state index in [0.29, 0.717) is 11.4 Å². The molecular formula is C18H22N4O3. The minimum absolute atomic E-state index is 0.289. The monoisotopic (exact) mass is 342 g/mol. The molecule has 2 amide bonds. The first-order valence-electron chi connectivity index (χ1n) is 8.11. The van der Waals surface area contributed by atoms with Gasteiger partial charge in [0, 0.05) is 24.8 Å². The van der Waals surface area contributed by atoms with E-state index < -0.39 is 17.4 Å². The third-order valence-corrected chi connectivity index (χ3v) is 4.65. The number of benzene rings is 1. The highest BCUT2D eigenvalue weighted by Gasteiger charge is 2.47. The molecule has 0 saturated carbocycles. The first kappa shape index (κ1) is 17.0. The molecular weight excluding hydrogens is 320 g/mol. The van der Waals surface area contributed by atoms with Crippen LogP contribution in [-0.4, -0.2) is 27.2 Å². The van der Waals surface area contributed by atoms with Crippen molar-refractivity contribution in [2.24, 2.45) is 7.05 Å². The van der Waals surface area contributed by atoms with Crippen molar-refractivity contribution in [2.75, 3.05) is 5.32 Å². The highest BCUT2D eigenvalue weighted by atomic mass is 16.5. The smallest absolute Gasteiger partial charge is 0.278 e. The van der Waals surface area contributed by atoms with Crippen LogP contribution in [0.3, 0.4) is 0 Å². The van der Waals surface area contributed by atoms with Crippen molar-refractivity contribution in [3.63, 3.8) is 0 Å². The maximum absolute atomic E-state index is 12.7. The summed E-state index contributed by atoms with van der Waals surface area (Å²) in [4.78, 5) is 25.2. The third kappa shape index (κ3) is 2.86. The summed E-state index contributed by atoms with van der Waals surface area (Å²) in [6.45, 7) is 7.51. The van der Waals surface area contributed by atoms with Crippen molar-refractivity contribution in [3.8, 4) is 5.75 Å². The van der Waals surface area contributed by atoms with Gasteiger partial charge in [-0.1, -0.05) is 6.07 Å². The van der Waals surface area contributed by atoms with Gasteiger partial charge in [0.25, 0.3) is 17.4 Å². The summed E-state index contributed by atoms with van der Waals surface area (Å²) < 4.78 is 7.52. The number of carbonyl (C=O) groups is 2. The normalized spacial score (nSPS) is 19.0. The maximum Gasteiger partial charge on any atom is 0.278 e. The summed E-state index contributed by atoms with van der Waals surface area (Å²) in [5.41, 5.74) is 2.71. The Morgan fingerprint density at radius 3 is 2.72 bits per heavy atom. The van der Waals surface area contributed by atoms with Crippen molar-refractivity contribution < 1.29 is 14.3 Å². The van der Waals surface area contributed by atoms with Gasteiger partial charge in [0.15, 0.2) is 0 Å². The number of ether oxygens (including phenoxy) is 1. The van der Waals surface area contributed by atoms with Crippen molar-refractivity contribution in [3.05, 3.63) is 40.7 Å². The molecule has 3 rings (SSSR count). The molecule has 1 aliphatic heterocycles. The molecule has 0 bridgehead atoms. The zero-order valence-corrected chi connectivity index (χ0v) is 15.1. The van der Waals surface area contributed by atoms with Crippen molar-refractivity contribution in [1.82, 2.24) is 15.1 Å². The molecule has 0 radical (unpaired) electrons. The number of amides is 2. The molecule has 0 spiro atoms. The van der Waals surface area contributed by atoms with Crippen molar-refractivity contribution >= 4 is 17.5 Å². The third-order valence-electron chi connectivity index (χ3n) is 4.65. The number of aromatic nitrogens is 2. The minimum Gasteiger partial charge on any atom is -0.466 e. The van der Waals surface area contributed by atoms with E-state index in [4.69, 9.17) is 4.74 Å². The van der Waals surface area contributed by atoms with Crippen LogP contribution in [0.2, 0.25) is 0 Å². The van der Waals surface area contributed by atoms with Crippen LogP contribution >= 0.6 is 0 Å². The Morgan fingerprint density at radius 2 is 2.08 bits per heavy atom. The second kappa shape index (κ2) is 5.91. The van der Waals surface area contributed by atoms with E-state index in [1.807, 2.05) is 40.0 Å². The zero-order chi connectivity index (χ0) is 18.4. The number of hydrogen-bond donors (Lipinski definition) is 2. The lowest BCUT2D eigenvalue weighted by Crippen LogP contribution is -2.58. The number of carbonyl (C=O) groups excluding carboxylic acids is 2. The summed E-state index contributed by atoms with van der Waals surface area (Å²) in [7, 11) is 1.85. The van der Waals surface area contributed by atoms with Gasteiger partial charge in [0.05, 0.1) is 11.4 Å². The molecule has 132 valence electrons. The Morgan fingerprint density at radius 1 is 1.36 bits per heavy atom. The first-order valence-corrected chi connectivity index (χ1v) is 8.11. The van der Waals surface area contributed by atoms with Gasteiger partial charge in [-0.25, -0.2) is 0 Å². The van der Waals surface area contributed by atoms with Gasteiger partial charge >= 0.3 is 0 Å². The van der Waals surface area contributed by atoms with E-state index in [-0.39, 0.29) is 6.54 Å². The molecule has 2 aromatic rings. The molecule has 0 fully saturated rings. The van der Waals surface area contributed by atoms with Crippen LogP contribution in [0.5, 0.6) is 5.75 Å². The van der Waals surface area contributed by atoms with Crippen LogP contribution in [-0.2, 0) is 23.2 Å². The molecule has 0 unspecified atom stereocenters. The molecule has 1 aliphatic rings. The Labute approximate surface area is 146 Å². The number of rotatable bonds is 3. The van der Waals surface area contributed by atoms with Crippen molar-refractivity contribution in [2.45, 2.75) is 39.8 Å². The molecule has 1 aromatic carbocycles. The van der Waals surface area contributed by atoms with Gasteiger partial charge in [0.1, 0.15) is 5.75 Å². The highest BCUT2D eigenvalue weighted by molar-refractivity contribution is 6.15. The standard InChI is InChI=1S/C18H22N4O3/c1-10-6-7-15-14(8-10)20-17(24)18(4,25-15)16(23)19-9-13-11(2)21-22(5)12(13)3/h6-8H,9H2,1-5H3,(H,19,23)(H,20,24)/t18-/m0/s1. The van der Waals surface area contributed by atoms with Gasteiger partial charge in [-0.2, -0.15) is 5.10 Å². The van der Waals surface area contributed by atoms with Crippen LogP contribution in [0.1, 0.15) is 29.4 Å². The molecule has 25 heavy (non-hydrogen) atoms. The summed E-state index contributed by atoms with van der Waals surface area (Å²) in [5, 5.41) is 9.88. The molecule has 7 heteroatoms. The summed E-state index contributed by atoms with van der Waals surface area (Å²) >= 11 is 0. The first-order chi connectivity index (χ1) is 11.7. The molecule has 0 saturated heterocycles.